The molecule has 0 atom stereocenters. The largest absolute Gasteiger partial charge is 0.452 e. The van der Waals surface area contributed by atoms with Gasteiger partial charge in [0.05, 0.1) is 12.8 Å². The van der Waals surface area contributed by atoms with Gasteiger partial charge in [-0.05, 0) is 36.3 Å². The maximum atomic E-state index is 13.1. The van der Waals surface area contributed by atoms with E-state index in [1.54, 1.807) is 36.4 Å². The predicted molar refractivity (Wildman–Crippen MR) is 74.6 cm³/mol. The van der Waals surface area contributed by atoms with Gasteiger partial charge in [0, 0.05) is 11.6 Å². The Morgan fingerprint density at radius 1 is 1.15 bits per heavy atom. The van der Waals surface area contributed by atoms with Crippen LogP contribution in [0.25, 0.3) is 0 Å². The fourth-order valence-corrected chi connectivity index (χ4v) is 1.57. The number of methoxy groups -OCH3 is 1. The van der Waals surface area contributed by atoms with Gasteiger partial charge in [0.25, 0.3) is 0 Å². The highest BCUT2D eigenvalue weighted by Crippen LogP contribution is 2.13. The highest BCUT2D eigenvalue weighted by molar-refractivity contribution is 5.91. The van der Waals surface area contributed by atoms with E-state index in [-0.39, 0.29) is 5.82 Å². The first-order valence-corrected chi connectivity index (χ1v) is 5.91. The van der Waals surface area contributed by atoms with Crippen molar-refractivity contribution in [3.63, 3.8) is 0 Å². The number of carbonyl (C=O) groups excluding carboxylic acids is 1. The minimum absolute atomic E-state index is 0.374. The van der Waals surface area contributed by atoms with Crippen molar-refractivity contribution in [1.29, 1.82) is 0 Å². The van der Waals surface area contributed by atoms with Gasteiger partial charge in [0.1, 0.15) is 5.82 Å². The summed E-state index contributed by atoms with van der Waals surface area (Å²) < 4.78 is 17.8. The van der Waals surface area contributed by atoms with E-state index < -0.39 is 6.09 Å². The van der Waals surface area contributed by atoms with Crippen LogP contribution in [-0.2, 0) is 4.74 Å². The van der Waals surface area contributed by atoms with Crippen LogP contribution >= 0.6 is 0 Å². The standard InChI is InChI=1S/C16H12FNO2/c1-20-16(19)18(15-8-3-2-4-9-15)11-10-13-6-5-7-14(17)12-13/h2-9,12H,1H3. The summed E-state index contributed by atoms with van der Waals surface area (Å²) >= 11 is 0. The molecule has 0 aromatic heterocycles. The van der Waals surface area contributed by atoms with Crippen molar-refractivity contribution in [1.82, 2.24) is 0 Å². The molecule has 0 spiro atoms. The van der Waals surface area contributed by atoms with Gasteiger partial charge in [-0.2, -0.15) is 0 Å². The van der Waals surface area contributed by atoms with Crippen molar-refractivity contribution in [2.75, 3.05) is 12.0 Å². The Morgan fingerprint density at radius 3 is 2.55 bits per heavy atom. The average molecular weight is 269 g/mol. The molecule has 1 amide bonds. The molecule has 3 nitrogen and oxygen atoms in total. The Labute approximate surface area is 116 Å². The summed E-state index contributed by atoms with van der Waals surface area (Å²) in [6, 6.07) is 17.4. The van der Waals surface area contributed by atoms with Crippen LogP contribution in [0.2, 0.25) is 0 Å². The molecule has 0 N–H and O–H groups in total. The highest BCUT2D eigenvalue weighted by atomic mass is 19.1. The fourth-order valence-electron chi connectivity index (χ4n) is 1.57. The average Bonchev–Trinajstić information content (AvgIpc) is 2.48. The number of hydrogen-bond donors (Lipinski definition) is 0. The fraction of sp³-hybridized carbons (Fsp3) is 0.0625. The second-order valence-corrected chi connectivity index (χ2v) is 3.89. The van der Waals surface area contributed by atoms with Gasteiger partial charge in [-0.15, -0.1) is 0 Å². The summed E-state index contributed by atoms with van der Waals surface area (Å²) in [7, 11) is 1.28. The molecule has 4 heteroatoms. The number of halogens is 1. The summed E-state index contributed by atoms with van der Waals surface area (Å²) in [5.74, 6) is 2.36. The van der Waals surface area contributed by atoms with Crippen LogP contribution in [0.5, 0.6) is 0 Å². The van der Waals surface area contributed by atoms with Crippen LogP contribution in [0, 0.1) is 17.8 Å². The monoisotopic (exact) mass is 269 g/mol. The highest BCUT2D eigenvalue weighted by Gasteiger charge is 2.13. The molecule has 0 aliphatic heterocycles. The Hall–Kier alpha value is -2.80. The molecule has 0 fully saturated rings. The van der Waals surface area contributed by atoms with Crippen molar-refractivity contribution in [2.24, 2.45) is 0 Å². The normalized spacial score (nSPS) is 9.30. The maximum Gasteiger partial charge on any atom is 0.426 e. The number of ether oxygens (including phenoxy) is 1. The molecule has 0 saturated heterocycles. The van der Waals surface area contributed by atoms with Crippen molar-refractivity contribution in [2.45, 2.75) is 0 Å². The van der Waals surface area contributed by atoms with E-state index in [0.717, 1.165) is 0 Å². The van der Waals surface area contributed by atoms with E-state index in [4.69, 9.17) is 0 Å². The Morgan fingerprint density at radius 2 is 1.90 bits per heavy atom. The zero-order valence-electron chi connectivity index (χ0n) is 10.8. The summed E-state index contributed by atoms with van der Waals surface area (Å²) in [5.41, 5.74) is 1.07. The molecule has 0 saturated carbocycles. The molecular formula is C16H12FNO2. The number of benzene rings is 2. The van der Waals surface area contributed by atoms with Crippen LogP contribution in [-0.4, -0.2) is 13.2 Å². The second kappa shape index (κ2) is 6.39. The van der Waals surface area contributed by atoms with Crippen LogP contribution in [0.4, 0.5) is 14.9 Å². The van der Waals surface area contributed by atoms with E-state index in [0.29, 0.717) is 11.3 Å². The minimum Gasteiger partial charge on any atom is -0.452 e. The van der Waals surface area contributed by atoms with Crippen molar-refractivity contribution < 1.29 is 13.9 Å². The zero-order valence-corrected chi connectivity index (χ0v) is 10.8. The molecule has 100 valence electrons. The lowest BCUT2D eigenvalue weighted by Crippen LogP contribution is -2.25. The smallest absolute Gasteiger partial charge is 0.426 e. The van der Waals surface area contributed by atoms with Gasteiger partial charge in [-0.1, -0.05) is 24.3 Å². The molecule has 0 aliphatic carbocycles. The van der Waals surface area contributed by atoms with Gasteiger partial charge < -0.3 is 4.74 Å². The molecule has 2 rings (SSSR count). The molecule has 0 aliphatic rings. The van der Waals surface area contributed by atoms with E-state index in [1.165, 1.54) is 24.1 Å². The third kappa shape index (κ3) is 3.36. The second-order valence-electron chi connectivity index (χ2n) is 3.89. The topological polar surface area (TPSA) is 29.5 Å². The number of anilines is 1. The molecule has 0 unspecified atom stereocenters. The zero-order chi connectivity index (χ0) is 14.4. The van der Waals surface area contributed by atoms with E-state index in [2.05, 4.69) is 16.7 Å². The summed E-state index contributed by atoms with van der Waals surface area (Å²) in [6.45, 7) is 0. The van der Waals surface area contributed by atoms with Gasteiger partial charge in [0.2, 0.25) is 0 Å². The minimum atomic E-state index is -0.597. The van der Waals surface area contributed by atoms with Crippen LogP contribution < -0.4 is 4.90 Å². The molecular weight excluding hydrogens is 257 g/mol. The Bertz CT molecular complexity index is 659. The van der Waals surface area contributed by atoms with Gasteiger partial charge >= 0.3 is 6.09 Å². The lowest BCUT2D eigenvalue weighted by Gasteiger charge is -2.13. The first-order valence-electron chi connectivity index (χ1n) is 5.91. The number of carbonyl (C=O) groups is 1. The first-order chi connectivity index (χ1) is 9.70. The van der Waals surface area contributed by atoms with E-state index in [9.17, 15) is 9.18 Å². The van der Waals surface area contributed by atoms with Crippen LogP contribution in [0.1, 0.15) is 5.56 Å². The molecule has 0 bridgehead atoms. The lowest BCUT2D eigenvalue weighted by molar-refractivity contribution is 0.182. The molecule has 2 aromatic carbocycles. The predicted octanol–water partition coefficient (Wildman–Crippen LogP) is 3.41. The van der Waals surface area contributed by atoms with Crippen molar-refractivity contribution in [3.8, 4) is 12.0 Å². The third-order valence-corrected chi connectivity index (χ3v) is 2.51. The van der Waals surface area contributed by atoms with E-state index >= 15 is 0 Å². The quantitative estimate of drug-likeness (QED) is 0.586. The summed E-state index contributed by atoms with van der Waals surface area (Å²) in [5, 5.41) is 0. The van der Waals surface area contributed by atoms with Crippen molar-refractivity contribution >= 4 is 11.8 Å². The van der Waals surface area contributed by atoms with Crippen molar-refractivity contribution in [3.05, 3.63) is 66.0 Å². The number of para-hydroxylation sites is 1. The SMILES string of the molecule is COC(=O)N(C#Cc1cccc(F)c1)c1ccccc1. The number of amides is 1. The maximum absolute atomic E-state index is 13.1. The third-order valence-electron chi connectivity index (χ3n) is 2.51. The van der Waals surface area contributed by atoms with E-state index in [1.807, 2.05) is 6.07 Å². The molecule has 20 heavy (non-hydrogen) atoms. The lowest BCUT2D eigenvalue weighted by atomic mass is 10.2. The first kappa shape index (κ1) is 13.6. The number of nitrogens with zero attached hydrogens (tertiary/aromatic N) is 1. The number of hydrogen-bond acceptors (Lipinski definition) is 2. The van der Waals surface area contributed by atoms with Gasteiger partial charge in [0.15, 0.2) is 0 Å². The van der Waals surface area contributed by atoms with Crippen LogP contribution in [0.15, 0.2) is 54.6 Å². The summed E-state index contributed by atoms with van der Waals surface area (Å²) in [4.78, 5) is 12.9. The molecule has 2 aromatic rings. The molecule has 0 heterocycles. The Balaban J connectivity index is 2.33. The van der Waals surface area contributed by atoms with Gasteiger partial charge in [-0.3, -0.25) is 0 Å². The summed E-state index contributed by atoms with van der Waals surface area (Å²) in [6.07, 6.45) is -0.597. The van der Waals surface area contributed by atoms with Crippen LogP contribution in [0.3, 0.4) is 0 Å². The van der Waals surface area contributed by atoms with Gasteiger partial charge in [-0.25, -0.2) is 14.1 Å². The number of rotatable bonds is 1. The Kier molecular flexibility index (Phi) is 4.35. The molecule has 0 radical (unpaired) electrons.